The van der Waals surface area contributed by atoms with Gasteiger partial charge in [-0.15, -0.1) is 24.0 Å². The number of carbonyl (C=O) groups is 1. The molecule has 9 heteroatoms. The van der Waals surface area contributed by atoms with Gasteiger partial charge in [-0.1, -0.05) is 0 Å². The average Bonchev–Trinajstić information content (AvgIpc) is 2.65. The van der Waals surface area contributed by atoms with Gasteiger partial charge in [-0.2, -0.15) is 0 Å². The van der Waals surface area contributed by atoms with Crippen molar-refractivity contribution in [3.05, 3.63) is 18.5 Å². The van der Waals surface area contributed by atoms with Crippen molar-refractivity contribution in [1.29, 1.82) is 0 Å². The van der Waals surface area contributed by atoms with Crippen LogP contribution in [0.1, 0.15) is 20.8 Å². The molecule has 1 aromatic heterocycles. The normalized spacial score (nSPS) is 15.3. The molecule has 0 bridgehead atoms. The molecule has 0 atom stereocenters. The van der Waals surface area contributed by atoms with Gasteiger partial charge >= 0.3 is 0 Å². The van der Waals surface area contributed by atoms with Crippen molar-refractivity contribution in [3.8, 4) is 0 Å². The van der Waals surface area contributed by atoms with Crippen LogP contribution in [0.5, 0.6) is 0 Å². The quantitative estimate of drug-likeness (QED) is 0.375. The number of nitrogens with zero attached hydrogens (tertiary/aromatic N) is 5. The highest BCUT2D eigenvalue weighted by Crippen LogP contribution is 2.16. The highest BCUT2D eigenvalue weighted by Gasteiger charge is 2.27. The first-order valence-electron chi connectivity index (χ1n) is 8.75. The van der Waals surface area contributed by atoms with Crippen LogP contribution in [0.4, 0.5) is 5.95 Å². The van der Waals surface area contributed by atoms with E-state index in [9.17, 15) is 4.79 Å². The van der Waals surface area contributed by atoms with E-state index in [1.165, 1.54) is 0 Å². The molecule has 1 fully saturated rings. The minimum atomic E-state index is -0.533. The Morgan fingerprint density at radius 3 is 2.38 bits per heavy atom. The monoisotopic (exact) mass is 475 g/mol. The zero-order valence-electron chi connectivity index (χ0n) is 16.0. The first-order valence-corrected chi connectivity index (χ1v) is 8.75. The van der Waals surface area contributed by atoms with Gasteiger partial charge in [0.15, 0.2) is 5.96 Å². The van der Waals surface area contributed by atoms with E-state index in [0.29, 0.717) is 6.54 Å². The smallest absolute Gasteiger partial charge is 0.227 e. The van der Waals surface area contributed by atoms with E-state index in [1.807, 2.05) is 26.8 Å². The largest absolute Gasteiger partial charge is 0.359 e. The Labute approximate surface area is 172 Å². The van der Waals surface area contributed by atoms with Crippen molar-refractivity contribution in [1.82, 2.24) is 25.5 Å². The molecule has 26 heavy (non-hydrogen) atoms. The van der Waals surface area contributed by atoms with E-state index in [1.54, 1.807) is 19.4 Å². The highest BCUT2D eigenvalue weighted by molar-refractivity contribution is 14.0. The number of anilines is 1. The van der Waals surface area contributed by atoms with Crippen molar-refractivity contribution in [2.45, 2.75) is 20.8 Å². The Kier molecular flexibility index (Phi) is 9.03. The lowest BCUT2D eigenvalue weighted by atomic mass is 9.93. The van der Waals surface area contributed by atoms with E-state index in [4.69, 9.17) is 4.99 Å². The SMILES string of the molecule is CCNC(=NCC(C)(C)C(=O)NC)N1CCN(c2ncccn2)CC1.I. The maximum Gasteiger partial charge on any atom is 0.227 e. The van der Waals surface area contributed by atoms with Crippen molar-refractivity contribution >= 4 is 41.8 Å². The number of aromatic nitrogens is 2. The fourth-order valence-corrected chi connectivity index (χ4v) is 2.68. The van der Waals surface area contributed by atoms with Gasteiger partial charge in [-0.05, 0) is 26.8 Å². The molecule has 1 aliphatic heterocycles. The van der Waals surface area contributed by atoms with Crippen LogP contribution in [0.15, 0.2) is 23.5 Å². The van der Waals surface area contributed by atoms with Crippen molar-refractivity contribution in [2.24, 2.45) is 10.4 Å². The molecule has 0 saturated carbocycles. The number of aliphatic imine (C=N–C) groups is 1. The second-order valence-electron chi connectivity index (χ2n) is 6.66. The first-order chi connectivity index (χ1) is 12.0. The molecule has 0 spiro atoms. The average molecular weight is 475 g/mol. The number of guanidine groups is 1. The molecule has 146 valence electrons. The molecular weight excluding hydrogens is 445 g/mol. The molecule has 0 unspecified atom stereocenters. The van der Waals surface area contributed by atoms with Crippen molar-refractivity contribution in [2.75, 3.05) is 51.2 Å². The van der Waals surface area contributed by atoms with E-state index in [-0.39, 0.29) is 29.9 Å². The van der Waals surface area contributed by atoms with E-state index in [2.05, 4.69) is 30.4 Å². The minimum Gasteiger partial charge on any atom is -0.359 e. The molecule has 0 radical (unpaired) electrons. The maximum absolute atomic E-state index is 11.9. The Morgan fingerprint density at radius 2 is 1.85 bits per heavy atom. The van der Waals surface area contributed by atoms with E-state index in [0.717, 1.165) is 44.6 Å². The number of amides is 1. The van der Waals surface area contributed by atoms with Crippen molar-refractivity contribution < 1.29 is 4.79 Å². The summed E-state index contributed by atoms with van der Waals surface area (Å²) in [5, 5.41) is 6.03. The second-order valence-corrected chi connectivity index (χ2v) is 6.66. The van der Waals surface area contributed by atoms with Crippen LogP contribution in [0.3, 0.4) is 0 Å². The molecule has 1 aliphatic rings. The number of halogens is 1. The number of piperazine rings is 1. The summed E-state index contributed by atoms with van der Waals surface area (Å²) in [5.41, 5.74) is -0.533. The molecule has 8 nitrogen and oxygen atoms in total. The first kappa shape index (κ1) is 22.4. The third-order valence-electron chi connectivity index (χ3n) is 4.21. The maximum atomic E-state index is 11.9. The minimum absolute atomic E-state index is 0. The summed E-state index contributed by atoms with van der Waals surface area (Å²) in [6, 6.07) is 1.82. The molecule has 1 aromatic rings. The van der Waals surface area contributed by atoms with E-state index >= 15 is 0 Å². The summed E-state index contributed by atoms with van der Waals surface area (Å²) < 4.78 is 0. The van der Waals surface area contributed by atoms with Crippen LogP contribution in [0, 0.1) is 5.41 Å². The van der Waals surface area contributed by atoms with Crippen molar-refractivity contribution in [3.63, 3.8) is 0 Å². The zero-order valence-corrected chi connectivity index (χ0v) is 18.4. The number of rotatable bonds is 5. The molecule has 2 rings (SSSR count). The summed E-state index contributed by atoms with van der Waals surface area (Å²) >= 11 is 0. The van der Waals surface area contributed by atoms with Crippen LogP contribution >= 0.6 is 24.0 Å². The summed E-state index contributed by atoms with van der Waals surface area (Å²) in [6.45, 7) is 10.5. The van der Waals surface area contributed by atoms with Gasteiger partial charge in [-0.25, -0.2) is 9.97 Å². The summed E-state index contributed by atoms with van der Waals surface area (Å²) in [4.78, 5) is 29.7. The Balaban J connectivity index is 0.00000338. The fourth-order valence-electron chi connectivity index (χ4n) is 2.68. The van der Waals surface area contributed by atoms with Crippen LogP contribution in [-0.2, 0) is 4.79 Å². The molecule has 2 heterocycles. The van der Waals surface area contributed by atoms with Crippen LogP contribution in [-0.4, -0.2) is 73.1 Å². The van der Waals surface area contributed by atoms with Gasteiger partial charge in [0.05, 0.1) is 12.0 Å². The third-order valence-corrected chi connectivity index (χ3v) is 4.21. The number of nitrogens with one attached hydrogen (secondary N) is 2. The topological polar surface area (TPSA) is 85.8 Å². The fraction of sp³-hybridized carbons (Fsp3) is 0.647. The summed E-state index contributed by atoms with van der Waals surface area (Å²) in [6.07, 6.45) is 3.53. The van der Waals surface area contributed by atoms with Crippen LogP contribution < -0.4 is 15.5 Å². The summed E-state index contributed by atoms with van der Waals surface area (Å²) in [5.74, 6) is 1.62. The van der Waals surface area contributed by atoms with Gasteiger partial charge in [-0.3, -0.25) is 9.79 Å². The highest BCUT2D eigenvalue weighted by atomic mass is 127. The van der Waals surface area contributed by atoms with Crippen LogP contribution in [0.25, 0.3) is 0 Å². The predicted molar refractivity (Wildman–Crippen MR) is 115 cm³/mol. The lowest BCUT2D eigenvalue weighted by molar-refractivity contribution is -0.128. The third kappa shape index (κ3) is 5.96. The Bertz CT molecular complexity index is 586. The molecular formula is C17H30IN7O. The number of hydrogen-bond acceptors (Lipinski definition) is 5. The molecule has 0 aromatic carbocycles. The van der Waals surface area contributed by atoms with Gasteiger partial charge in [0.1, 0.15) is 0 Å². The van der Waals surface area contributed by atoms with Gasteiger partial charge in [0.2, 0.25) is 11.9 Å². The Hall–Kier alpha value is -1.65. The van der Waals surface area contributed by atoms with Crippen LogP contribution in [0.2, 0.25) is 0 Å². The summed E-state index contributed by atoms with van der Waals surface area (Å²) in [7, 11) is 1.66. The van der Waals surface area contributed by atoms with E-state index < -0.39 is 5.41 Å². The lowest BCUT2D eigenvalue weighted by Gasteiger charge is -2.36. The predicted octanol–water partition coefficient (Wildman–Crippen LogP) is 0.954. The molecule has 1 saturated heterocycles. The Morgan fingerprint density at radius 1 is 1.23 bits per heavy atom. The second kappa shape index (κ2) is 10.5. The standard InChI is InChI=1S/C17H29N7O.HI/c1-5-19-15(22-13-17(2,3)14(25)18-4)23-9-11-24(12-10-23)16-20-7-6-8-21-16;/h6-8H,5,9-13H2,1-4H3,(H,18,25)(H,19,22);1H. The van der Waals surface area contributed by atoms with Gasteiger partial charge < -0.3 is 20.4 Å². The molecule has 2 N–H and O–H groups in total. The zero-order chi connectivity index (χ0) is 18.3. The number of carbonyl (C=O) groups excluding carboxylic acids is 1. The molecule has 0 aliphatic carbocycles. The number of hydrogen-bond donors (Lipinski definition) is 2. The van der Waals surface area contributed by atoms with Gasteiger partial charge in [0, 0.05) is 52.2 Å². The van der Waals surface area contributed by atoms with Gasteiger partial charge in [0.25, 0.3) is 0 Å². The molecule has 1 amide bonds. The lowest BCUT2D eigenvalue weighted by Crippen LogP contribution is -2.53.